The molecule has 2 aliphatic carbocycles. The molecule has 3 fully saturated rings. The summed E-state index contributed by atoms with van der Waals surface area (Å²) in [5.74, 6) is -2.47. The van der Waals surface area contributed by atoms with Crippen LogP contribution in [0.1, 0.15) is 67.5 Å². The molecule has 2 saturated carbocycles. The summed E-state index contributed by atoms with van der Waals surface area (Å²) in [6.07, 6.45) is 12.1. The van der Waals surface area contributed by atoms with Gasteiger partial charge in [-0.2, -0.15) is 4.98 Å². The lowest BCUT2D eigenvalue weighted by Gasteiger charge is -2.29. The number of sulfonamides is 1. The van der Waals surface area contributed by atoms with Crippen molar-refractivity contribution < 1.29 is 32.3 Å². The molecule has 0 radical (unpaired) electrons. The number of thiazole rings is 1. The fourth-order valence-corrected chi connectivity index (χ4v) is 9.20. The number of nitrogens with zero attached hydrogens (tertiary/aromatic N) is 5. The average molecular weight is 759 g/mol. The number of rotatable bonds is 7. The van der Waals surface area contributed by atoms with Gasteiger partial charge in [-0.05, 0) is 50.0 Å². The smallest absolute Gasteiger partial charge is 0.263 e. The molecule has 1 aromatic carbocycles. The first-order valence-electron chi connectivity index (χ1n) is 17.8. The fourth-order valence-electron chi connectivity index (χ4n) is 7.32. The second-order valence-electron chi connectivity index (χ2n) is 14.1. The Morgan fingerprint density at radius 3 is 2.64 bits per heavy atom. The molecular formula is C36H38N8O7S2. The predicted molar refractivity (Wildman–Crippen MR) is 194 cm³/mol. The van der Waals surface area contributed by atoms with Crippen molar-refractivity contribution in [2.45, 2.75) is 86.8 Å². The van der Waals surface area contributed by atoms with Crippen molar-refractivity contribution in [3.8, 4) is 5.88 Å². The van der Waals surface area contributed by atoms with Gasteiger partial charge in [0, 0.05) is 29.3 Å². The summed E-state index contributed by atoms with van der Waals surface area (Å²) in [7, 11) is -3.89. The van der Waals surface area contributed by atoms with Gasteiger partial charge in [0.1, 0.15) is 34.9 Å². The molecule has 3 N–H and O–H groups in total. The van der Waals surface area contributed by atoms with Gasteiger partial charge < -0.3 is 20.3 Å². The van der Waals surface area contributed by atoms with Gasteiger partial charge in [0.05, 0.1) is 23.5 Å². The van der Waals surface area contributed by atoms with E-state index in [1.54, 1.807) is 6.20 Å². The number of hydrogen-bond donors (Lipinski definition) is 3. The molecule has 0 bridgehead atoms. The highest BCUT2D eigenvalue weighted by molar-refractivity contribution is 7.91. The van der Waals surface area contributed by atoms with Gasteiger partial charge in [-0.3, -0.25) is 28.9 Å². The Morgan fingerprint density at radius 1 is 1.02 bits per heavy atom. The van der Waals surface area contributed by atoms with E-state index in [0.717, 1.165) is 35.0 Å². The summed E-state index contributed by atoms with van der Waals surface area (Å²) < 4.78 is 34.4. The molecular weight excluding hydrogens is 721 g/mol. The molecule has 4 amide bonds. The highest BCUT2D eigenvalue weighted by atomic mass is 32.2. The van der Waals surface area contributed by atoms with Crippen molar-refractivity contribution in [3.05, 3.63) is 65.5 Å². The maximum absolute atomic E-state index is 14.5. The van der Waals surface area contributed by atoms with Crippen molar-refractivity contribution >= 4 is 66.8 Å². The Morgan fingerprint density at radius 2 is 1.85 bits per heavy atom. The van der Waals surface area contributed by atoms with Crippen LogP contribution in [0.2, 0.25) is 0 Å². The van der Waals surface area contributed by atoms with Crippen LogP contribution >= 0.6 is 11.3 Å². The molecule has 53 heavy (non-hydrogen) atoms. The Bertz CT molecular complexity index is 2230. The van der Waals surface area contributed by atoms with Gasteiger partial charge in [0.2, 0.25) is 27.7 Å². The Kier molecular flexibility index (Phi) is 9.30. The van der Waals surface area contributed by atoms with Gasteiger partial charge in [0.25, 0.3) is 11.8 Å². The number of ether oxygens (including phenoxy) is 1. The van der Waals surface area contributed by atoms with E-state index >= 15 is 0 Å². The number of amides is 4. The third-order valence-corrected chi connectivity index (χ3v) is 13.0. The van der Waals surface area contributed by atoms with Crippen molar-refractivity contribution in [1.29, 1.82) is 0 Å². The molecule has 5 heterocycles. The molecule has 3 aromatic heterocycles. The molecule has 2 aliphatic heterocycles. The number of allylic oxidation sites excluding steroid dienone is 1. The van der Waals surface area contributed by atoms with E-state index in [2.05, 4.69) is 35.3 Å². The minimum Gasteiger partial charge on any atom is -0.472 e. The van der Waals surface area contributed by atoms with Crippen LogP contribution in [0.3, 0.4) is 0 Å². The number of aromatic nitrogens is 4. The summed E-state index contributed by atoms with van der Waals surface area (Å²) in [6, 6.07) is 5.45. The monoisotopic (exact) mass is 758 g/mol. The van der Waals surface area contributed by atoms with Crippen LogP contribution in [0.4, 0.5) is 0 Å². The Balaban J connectivity index is 1.12. The van der Waals surface area contributed by atoms with Gasteiger partial charge >= 0.3 is 0 Å². The Hall–Kier alpha value is -5.03. The number of fused-ring (bicyclic) bond motifs is 5. The standard InChI is InChI=1S/C36H38N8O7S2/c45-31-28-14-22(51-33-25-10-7-6-9-24(25)26-16-37-19-39-30(26)41-33)18-44(28)34(47)27(40-32(46)29-17-38-20-52-29)11-5-3-1-2-4-8-21-15-36(21,42-31)35(48)43-53(49,50)23-12-13-23/h4,6-10,16-17,19-23,27-28H,1-3,5,11-15,18H2,(H,40,46)(H,42,45)(H,43,48)/b8-4-/t21-,22-,27+,28+,36-/m1/s1. The zero-order chi connectivity index (χ0) is 36.7. The number of hydrogen-bond acceptors (Lipinski definition) is 12. The van der Waals surface area contributed by atoms with Crippen LogP contribution in [0.25, 0.3) is 21.8 Å². The molecule has 1 saturated heterocycles. The maximum atomic E-state index is 14.5. The summed E-state index contributed by atoms with van der Waals surface area (Å²) in [5, 5.41) is 7.40. The van der Waals surface area contributed by atoms with E-state index in [4.69, 9.17) is 4.74 Å². The van der Waals surface area contributed by atoms with E-state index < -0.39 is 68.5 Å². The second-order valence-corrected chi connectivity index (χ2v) is 17.0. The lowest BCUT2D eigenvalue weighted by atomic mass is 10.0. The van der Waals surface area contributed by atoms with E-state index in [-0.39, 0.29) is 25.3 Å². The van der Waals surface area contributed by atoms with Crippen molar-refractivity contribution in [3.63, 3.8) is 0 Å². The Labute approximate surface area is 309 Å². The van der Waals surface area contributed by atoms with E-state index in [1.165, 1.54) is 22.9 Å². The molecule has 17 heteroatoms. The lowest BCUT2D eigenvalue weighted by Crippen LogP contribution is -2.58. The van der Waals surface area contributed by atoms with E-state index in [1.807, 2.05) is 36.4 Å². The highest BCUT2D eigenvalue weighted by Crippen LogP contribution is 2.46. The molecule has 276 valence electrons. The first-order chi connectivity index (χ1) is 25.6. The van der Waals surface area contributed by atoms with Gasteiger partial charge in [0.15, 0.2) is 5.65 Å². The molecule has 8 rings (SSSR count). The highest BCUT2D eigenvalue weighted by Gasteiger charge is 2.62. The van der Waals surface area contributed by atoms with E-state index in [0.29, 0.717) is 48.0 Å². The largest absolute Gasteiger partial charge is 0.472 e. The molecule has 4 aromatic rings. The minimum atomic E-state index is -3.89. The summed E-state index contributed by atoms with van der Waals surface area (Å²) in [4.78, 5) is 74.8. The SMILES string of the molecule is O=C(N[C@H]1CCCCC/C=C\[C@@H]2C[C@@]2(C(=O)NS(=O)(=O)C2CC2)NC(=O)[C@@H]2C[C@@H](Oc3nc4ncncc4c4ccccc34)CN2C1=O)c1cncs1. The number of pyridine rings is 1. The van der Waals surface area contributed by atoms with Crippen LogP contribution in [0.5, 0.6) is 5.88 Å². The molecule has 4 aliphatic rings. The first kappa shape index (κ1) is 35.0. The third kappa shape index (κ3) is 7.06. The molecule has 5 atom stereocenters. The molecule has 0 unspecified atom stereocenters. The van der Waals surface area contributed by atoms with Gasteiger partial charge in [-0.25, -0.2) is 18.4 Å². The van der Waals surface area contributed by atoms with Crippen LogP contribution < -0.4 is 20.1 Å². The summed E-state index contributed by atoms with van der Waals surface area (Å²) in [5.41, 5.74) is 0.453. The minimum absolute atomic E-state index is 0.0136. The lowest BCUT2D eigenvalue weighted by molar-refractivity contribution is -0.141. The number of benzene rings is 1. The van der Waals surface area contributed by atoms with Crippen molar-refractivity contribution in [2.24, 2.45) is 5.92 Å². The first-order valence-corrected chi connectivity index (χ1v) is 20.3. The van der Waals surface area contributed by atoms with Crippen LogP contribution in [-0.4, -0.2) is 92.4 Å². The van der Waals surface area contributed by atoms with Crippen molar-refractivity contribution in [2.75, 3.05) is 6.54 Å². The van der Waals surface area contributed by atoms with Gasteiger partial charge in [-0.1, -0.05) is 43.2 Å². The summed E-state index contributed by atoms with van der Waals surface area (Å²) in [6.45, 7) is -0.0136. The maximum Gasteiger partial charge on any atom is 0.263 e. The van der Waals surface area contributed by atoms with Crippen LogP contribution in [-0.2, 0) is 24.4 Å². The molecule has 0 spiro atoms. The van der Waals surface area contributed by atoms with E-state index in [9.17, 15) is 27.6 Å². The van der Waals surface area contributed by atoms with Crippen molar-refractivity contribution in [1.82, 2.24) is 40.2 Å². The van der Waals surface area contributed by atoms with Crippen LogP contribution in [0.15, 0.2) is 60.6 Å². The number of carbonyl (C=O) groups excluding carboxylic acids is 4. The normalized spacial score (nSPS) is 27.1. The third-order valence-electron chi connectivity index (χ3n) is 10.4. The van der Waals surface area contributed by atoms with Gasteiger partial charge in [-0.15, -0.1) is 11.3 Å². The number of carbonyl (C=O) groups is 4. The second kappa shape index (κ2) is 14.1. The zero-order valence-electron chi connectivity index (χ0n) is 28.6. The zero-order valence-corrected chi connectivity index (χ0v) is 30.3. The number of nitrogens with one attached hydrogen (secondary N) is 3. The quantitative estimate of drug-likeness (QED) is 0.185. The summed E-state index contributed by atoms with van der Waals surface area (Å²) >= 11 is 1.15. The molecule has 15 nitrogen and oxygen atoms in total. The topological polar surface area (TPSA) is 203 Å². The predicted octanol–water partition coefficient (Wildman–Crippen LogP) is 2.79. The fraction of sp³-hybridized carbons (Fsp3) is 0.444. The van der Waals surface area contributed by atoms with Crippen LogP contribution in [0, 0.1) is 5.92 Å². The average Bonchev–Trinajstić information content (AvgIpc) is 4.01.